The lowest BCUT2D eigenvalue weighted by Crippen LogP contribution is -2.11. The summed E-state index contributed by atoms with van der Waals surface area (Å²) in [6, 6.07) is 3.60. The Morgan fingerprint density at radius 2 is 2.42 bits per heavy atom. The second-order valence-corrected chi connectivity index (χ2v) is 2.36. The van der Waals surface area contributed by atoms with Crippen LogP contribution in [-0.2, 0) is 0 Å². The van der Waals surface area contributed by atoms with Crippen LogP contribution in [0.3, 0.4) is 0 Å². The number of nitrogens with one attached hydrogen (secondary N) is 1. The summed E-state index contributed by atoms with van der Waals surface area (Å²) in [5.74, 6) is -0.0366. The molecule has 0 aliphatic carbocycles. The van der Waals surface area contributed by atoms with Gasteiger partial charge in [-0.15, -0.1) is 0 Å². The van der Waals surface area contributed by atoms with Crippen LogP contribution in [0.1, 0.15) is 5.69 Å². The summed E-state index contributed by atoms with van der Waals surface area (Å²) >= 11 is 0. The minimum atomic E-state index is -0.0366. The first-order chi connectivity index (χ1) is 5.79. The molecule has 0 spiro atoms. The number of fused-ring (bicyclic) bond motifs is 1. The van der Waals surface area contributed by atoms with Crippen LogP contribution in [0.2, 0.25) is 0 Å². The summed E-state index contributed by atoms with van der Waals surface area (Å²) in [5.41, 5.74) is 6.53. The average molecular weight is 161 g/mol. The van der Waals surface area contributed by atoms with E-state index in [1.807, 2.05) is 6.07 Å². The molecule has 0 aromatic carbocycles. The minimum absolute atomic E-state index is 0.0366. The molecule has 12 heavy (non-hydrogen) atoms. The van der Waals surface area contributed by atoms with Crippen LogP contribution in [0.25, 0.3) is 5.52 Å². The van der Waals surface area contributed by atoms with Gasteiger partial charge in [0.25, 0.3) is 0 Å². The molecule has 2 aromatic rings. The molecule has 5 nitrogen and oxygen atoms in total. The molecule has 0 aliphatic rings. The van der Waals surface area contributed by atoms with Crippen LogP contribution < -0.4 is 5.73 Å². The van der Waals surface area contributed by atoms with Crippen molar-refractivity contribution in [1.29, 1.82) is 5.41 Å². The Kier molecular flexibility index (Phi) is 1.30. The molecule has 0 radical (unpaired) electrons. The number of hydrogen-bond acceptors (Lipinski definition) is 3. The number of nitrogen functional groups attached to an aromatic ring is 1. The van der Waals surface area contributed by atoms with Gasteiger partial charge in [-0.25, -0.2) is 9.50 Å². The first-order valence-corrected chi connectivity index (χ1v) is 3.42. The molecule has 2 rings (SSSR count). The lowest BCUT2D eigenvalue weighted by atomic mass is 10.3. The van der Waals surface area contributed by atoms with Crippen molar-refractivity contribution in [2.45, 2.75) is 0 Å². The molecule has 0 amide bonds. The zero-order chi connectivity index (χ0) is 8.55. The Bertz CT molecular complexity index is 430. The third kappa shape index (κ3) is 0.833. The molecule has 3 N–H and O–H groups in total. The first kappa shape index (κ1) is 6.78. The van der Waals surface area contributed by atoms with Gasteiger partial charge < -0.3 is 5.73 Å². The molecule has 0 fully saturated rings. The summed E-state index contributed by atoms with van der Waals surface area (Å²) in [5, 5.41) is 11.2. The van der Waals surface area contributed by atoms with Crippen LogP contribution in [0, 0.1) is 5.41 Å². The normalized spacial score (nSPS) is 10.3. The van der Waals surface area contributed by atoms with Crippen LogP contribution in [0.15, 0.2) is 24.7 Å². The van der Waals surface area contributed by atoms with Crippen molar-refractivity contribution in [3.8, 4) is 0 Å². The van der Waals surface area contributed by atoms with E-state index in [0.717, 1.165) is 5.52 Å². The molecular formula is C7H7N5. The predicted molar refractivity (Wildman–Crippen MR) is 44.0 cm³/mol. The van der Waals surface area contributed by atoms with Crippen molar-refractivity contribution >= 4 is 11.4 Å². The van der Waals surface area contributed by atoms with E-state index in [-0.39, 0.29) is 5.84 Å². The van der Waals surface area contributed by atoms with Crippen molar-refractivity contribution in [1.82, 2.24) is 14.6 Å². The zero-order valence-electron chi connectivity index (χ0n) is 6.23. The molecule has 0 aliphatic heterocycles. The second kappa shape index (κ2) is 2.30. The topological polar surface area (TPSA) is 80.1 Å². The van der Waals surface area contributed by atoms with Gasteiger partial charge in [-0.05, 0) is 12.1 Å². The largest absolute Gasteiger partial charge is 0.382 e. The van der Waals surface area contributed by atoms with Crippen molar-refractivity contribution < 1.29 is 0 Å². The summed E-state index contributed by atoms with van der Waals surface area (Å²) in [6.07, 6.45) is 3.19. The fraction of sp³-hybridized carbons (Fsp3) is 0. The quantitative estimate of drug-likeness (QED) is 0.456. The van der Waals surface area contributed by atoms with Gasteiger partial charge >= 0.3 is 0 Å². The Labute approximate surface area is 68.3 Å². The molecule has 2 heterocycles. The number of nitrogens with two attached hydrogens (primary N) is 1. The number of imidazole rings is 1. The Morgan fingerprint density at radius 1 is 1.58 bits per heavy atom. The van der Waals surface area contributed by atoms with E-state index in [9.17, 15) is 0 Å². The van der Waals surface area contributed by atoms with Gasteiger partial charge in [0.05, 0.1) is 5.52 Å². The van der Waals surface area contributed by atoms with E-state index in [4.69, 9.17) is 11.1 Å². The molecule has 0 unspecified atom stereocenters. The Hall–Kier alpha value is -1.91. The van der Waals surface area contributed by atoms with Crippen molar-refractivity contribution in [3.63, 3.8) is 0 Å². The van der Waals surface area contributed by atoms with Gasteiger partial charge in [-0.1, -0.05) is 0 Å². The van der Waals surface area contributed by atoms with E-state index < -0.39 is 0 Å². The highest BCUT2D eigenvalue weighted by Gasteiger charge is 2.05. The lowest BCUT2D eigenvalue weighted by Gasteiger charge is -1.92. The highest BCUT2D eigenvalue weighted by molar-refractivity contribution is 5.99. The zero-order valence-corrected chi connectivity index (χ0v) is 6.23. The van der Waals surface area contributed by atoms with E-state index in [1.165, 1.54) is 6.33 Å². The van der Waals surface area contributed by atoms with Crippen molar-refractivity contribution in [2.24, 2.45) is 5.73 Å². The maximum atomic E-state index is 7.21. The smallest absolute Gasteiger partial charge is 0.144 e. The second-order valence-electron chi connectivity index (χ2n) is 2.36. The third-order valence-electron chi connectivity index (χ3n) is 1.57. The van der Waals surface area contributed by atoms with E-state index in [1.54, 1.807) is 16.8 Å². The van der Waals surface area contributed by atoms with Crippen molar-refractivity contribution in [3.05, 3.63) is 30.4 Å². The number of rotatable bonds is 1. The molecular weight excluding hydrogens is 154 g/mol. The lowest BCUT2D eigenvalue weighted by molar-refractivity contribution is 0.926. The van der Waals surface area contributed by atoms with Crippen LogP contribution in [0.4, 0.5) is 0 Å². The fourth-order valence-corrected chi connectivity index (χ4v) is 1.05. The van der Waals surface area contributed by atoms with Crippen LogP contribution in [-0.4, -0.2) is 20.4 Å². The van der Waals surface area contributed by atoms with Gasteiger partial charge in [0, 0.05) is 6.20 Å². The number of nitrogens with zero attached hydrogens (tertiary/aromatic N) is 3. The van der Waals surface area contributed by atoms with Gasteiger partial charge in [-0.2, -0.15) is 5.10 Å². The number of hydrogen-bond donors (Lipinski definition) is 2. The maximum absolute atomic E-state index is 7.21. The number of aromatic nitrogens is 3. The summed E-state index contributed by atoms with van der Waals surface area (Å²) in [7, 11) is 0. The molecule has 0 atom stereocenters. The molecule has 2 aromatic heterocycles. The Balaban J connectivity index is 2.79. The fourth-order valence-electron chi connectivity index (χ4n) is 1.05. The molecule has 0 saturated heterocycles. The molecule has 5 heteroatoms. The molecule has 60 valence electrons. The summed E-state index contributed by atoms with van der Waals surface area (Å²) < 4.78 is 1.58. The van der Waals surface area contributed by atoms with Gasteiger partial charge in [-0.3, -0.25) is 5.41 Å². The minimum Gasteiger partial charge on any atom is -0.382 e. The highest BCUT2D eigenvalue weighted by Crippen LogP contribution is 2.05. The predicted octanol–water partition coefficient (Wildman–Crippen LogP) is 0.0134. The molecule has 0 saturated carbocycles. The molecule has 0 bridgehead atoms. The van der Waals surface area contributed by atoms with E-state index >= 15 is 0 Å². The van der Waals surface area contributed by atoms with Crippen molar-refractivity contribution in [2.75, 3.05) is 0 Å². The van der Waals surface area contributed by atoms with E-state index in [2.05, 4.69) is 10.1 Å². The standard InChI is InChI=1S/C7H7N5/c8-7(9)6-5-2-1-3-11-12(5)4-10-6/h1-4H,(H3,8,9). The van der Waals surface area contributed by atoms with Gasteiger partial charge in [0.2, 0.25) is 0 Å². The summed E-state index contributed by atoms with van der Waals surface area (Å²) in [6.45, 7) is 0. The van der Waals surface area contributed by atoms with Crippen LogP contribution in [0.5, 0.6) is 0 Å². The first-order valence-electron chi connectivity index (χ1n) is 3.42. The van der Waals surface area contributed by atoms with Gasteiger partial charge in [0.15, 0.2) is 0 Å². The SMILES string of the molecule is N=C(N)c1ncn2ncccc12. The van der Waals surface area contributed by atoms with Crippen LogP contribution >= 0.6 is 0 Å². The average Bonchev–Trinajstić information content (AvgIpc) is 2.47. The van der Waals surface area contributed by atoms with Gasteiger partial charge in [0.1, 0.15) is 17.9 Å². The maximum Gasteiger partial charge on any atom is 0.144 e. The number of amidine groups is 1. The monoisotopic (exact) mass is 161 g/mol. The van der Waals surface area contributed by atoms with E-state index in [0.29, 0.717) is 5.69 Å². The Morgan fingerprint density at radius 3 is 3.17 bits per heavy atom. The summed E-state index contributed by atoms with van der Waals surface area (Å²) in [4.78, 5) is 3.95. The highest BCUT2D eigenvalue weighted by atomic mass is 15.2. The third-order valence-corrected chi connectivity index (χ3v) is 1.57.